The van der Waals surface area contributed by atoms with E-state index in [1.54, 1.807) is 0 Å². The summed E-state index contributed by atoms with van der Waals surface area (Å²) in [4.78, 5) is 35.3. The first-order valence-electron chi connectivity index (χ1n) is 5.32. The molecule has 1 heterocycles. The second-order valence-corrected chi connectivity index (χ2v) is 3.94. The number of amides is 3. The molecule has 3 N–H and O–H groups in total. The van der Waals surface area contributed by atoms with Crippen LogP contribution in [0.4, 0.5) is 0 Å². The fourth-order valence-corrected chi connectivity index (χ4v) is 1.52. The first-order valence-corrected chi connectivity index (χ1v) is 5.32. The molecule has 1 aliphatic rings. The molecule has 0 aromatic carbocycles. The number of carbonyl (C=O) groups is 3. The Morgan fingerprint density at radius 2 is 2.29 bits per heavy atom. The molecule has 17 heavy (non-hydrogen) atoms. The van der Waals surface area contributed by atoms with Crippen LogP contribution in [0.2, 0.25) is 0 Å². The number of rotatable bonds is 5. The Bertz CT molecular complexity index is 332. The predicted octanol–water partition coefficient (Wildman–Crippen LogP) is -1.78. The molecule has 7 heteroatoms. The van der Waals surface area contributed by atoms with Gasteiger partial charge in [0.25, 0.3) is 5.91 Å². The molecule has 1 rings (SSSR count). The van der Waals surface area contributed by atoms with Crippen molar-refractivity contribution in [3.63, 3.8) is 0 Å². The maximum atomic E-state index is 11.6. The van der Waals surface area contributed by atoms with Crippen LogP contribution in [0.15, 0.2) is 0 Å². The summed E-state index contributed by atoms with van der Waals surface area (Å²) in [5, 5.41) is 2.47. The monoisotopic (exact) mass is 243 g/mol. The van der Waals surface area contributed by atoms with E-state index in [-0.39, 0.29) is 12.3 Å². The average Bonchev–Trinajstić information content (AvgIpc) is 2.54. The highest BCUT2D eigenvalue weighted by Gasteiger charge is 2.37. The summed E-state index contributed by atoms with van der Waals surface area (Å²) in [5.41, 5.74) is 5.59. The highest BCUT2D eigenvalue weighted by Crippen LogP contribution is 2.10. The Morgan fingerprint density at radius 3 is 2.76 bits per heavy atom. The predicted molar refractivity (Wildman–Crippen MR) is 58.8 cm³/mol. The van der Waals surface area contributed by atoms with Gasteiger partial charge in [-0.2, -0.15) is 0 Å². The number of ether oxygens (including phenoxy) is 1. The molecule has 0 aliphatic carbocycles. The molecule has 0 radical (unpaired) electrons. The topological polar surface area (TPSA) is 102 Å². The van der Waals surface area contributed by atoms with Crippen molar-refractivity contribution in [3.8, 4) is 0 Å². The first-order chi connectivity index (χ1) is 7.97. The van der Waals surface area contributed by atoms with Gasteiger partial charge in [0.05, 0.1) is 12.5 Å². The fraction of sp³-hybridized carbons (Fsp3) is 0.700. The molecular weight excluding hydrogens is 226 g/mol. The molecule has 3 amide bonds. The third kappa shape index (κ3) is 3.24. The van der Waals surface area contributed by atoms with Gasteiger partial charge in [-0.1, -0.05) is 0 Å². The first kappa shape index (κ1) is 13.6. The van der Waals surface area contributed by atoms with Crippen LogP contribution in [0.3, 0.4) is 0 Å². The maximum Gasteiger partial charge on any atom is 0.252 e. The fourth-order valence-electron chi connectivity index (χ4n) is 1.52. The van der Waals surface area contributed by atoms with Gasteiger partial charge in [0, 0.05) is 20.8 Å². The number of likely N-dealkylation sites (N-methyl/N-ethyl adjacent to an activating group) is 1. The number of nitrogens with zero attached hydrogens (tertiary/aromatic N) is 1. The van der Waals surface area contributed by atoms with E-state index in [4.69, 9.17) is 10.5 Å². The number of nitrogens with two attached hydrogens (primary N) is 1. The Labute approximate surface area is 99.3 Å². The zero-order chi connectivity index (χ0) is 13.0. The quantitative estimate of drug-likeness (QED) is 0.556. The molecule has 0 aromatic heterocycles. The lowest BCUT2D eigenvalue weighted by atomic mass is 10.2. The summed E-state index contributed by atoms with van der Waals surface area (Å²) in [6, 6.07) is -1.52. The summed E-state index contributed by atoms with van der Waals surface area (Å²) < 4.78 is 4.80. The highest BCUT2D eigenvalue weighted by atomic mass is 16.5. The summed E-state index contributed by atoms with van der Waals surface area (Å²) in [7, 11) is 2.90. The van der Waals surface area contributed by atoms with Crippen molar-refractivity contribution < 1.29 is 19.1 Å². The summed E-state index contributed by atoms with van der Waals surface area (Å²) in [5.74, 6) is -1.14. The van der Waals surface area contributed by atoms with Crippen LogP contribution in [-0.2, 0) is 19.1 Å². The Morgan fingerprint density at radius 1 is 1.65 bits per heavy atom. The number of hydrogen-bond donors (Lipinski definition) is 2. The van der Waals surface area contributed by atoms with Gasteiger partial charge < -0.3 is 15.8 Å². The number of methoxy groups -OCH3 is 1. The minimum Gasteiger partial charge on any atom is -0.385 e. The van der Waals surface area contributed by atoms with E-state index in [2.05, 4.69) is 5.32 Å². The van der Waals surface area contributed by atoms with Crippen LogP contribution in [0.25, 0.3) is 0 Å². The van der Waals surface area contributed by atoms with E-state index >= 15 is 0 Å². The Hall–Kier alpha value is -1.47. The van der Waals surface area contributed by atoms with Gasteiger partial charge in [-0.15, -0.1) is 0 Å². The normalized spacial score (nSPS) is 21.8. The lowest BCUT2D eigenvalue weighted by molar-refractivity contribution is -0.138. The van der Waals surface area contributed by atoms with Crippen LogP contribution >= 0.6 is 0 Å². The van der Waals surface area contributed by atoms with E-state index in [9.17, 15) is 14.4 Å². The molecule has 0 bridgehead atoms. The van der Waals surface area contributed by atoms with Crippen molar-refractivity contribution in [3.05, 3.63) is 0 Å². The minimum atomic E-state index is -0.784. The van der Waals surface area contributed by atoms with Crippen molar-refractivity contribution in [2.24, 2.45) is 5.73 Å². The summed E-state index contributed by atoms with van der Waals surface area (Å²) in [6.45, 7) is 0.367. The average molecular weight is 243 g/mol. The highest BCUT2D eigenvalue weighted by molar-refractivity contribution is 6.06. The van der Waals surface area contributed by atoms with E-state index in [0.29, 0.717) is 13.0 Å². The third-order valence-corrected chi connectivity index (χ3v) is 2.67. The van der Waals surface area contributed by atoms with Gasteiger partial charge in [0.15, 0.2) is 0 Å². The smallest absolute Gasteiger partial charge is 0.252 e. The molecule has 1 aliphatic heterocycles. The van der Waals surface area contributed by atoms with Gasteiger partial charge >= 0.3 is 0 Å². The van der Waals surface area contributed by atoms with Crippen LogP contribution in [0.1, 0.15) is 12.8 Å². The minimum absolute atomic E-state index is 0.00191. The van der Waals surface area contributed by atoms with E-state index in [1.165, 1.54) is 14.2 Å². The number of nitrogens with one attached hydrogen (secondary N) is 1. The van der Waals surface area contributed by atoms with Crippen molar-refractivity contribution in [1.29, 1.82) is 0 Å². The number of imide groups is 1. The van der Waals surface area contributed by atoms with Crippen LogP contribution < -0.4 is 11.1 Å². The van der Waals surface area contributed by atoms with Gasteiger partial charge in [-0.3, -0.25) is 19.3 Å². The Balaban J connectivity index is 2.47. The zero-order valence-corrected chi connectivity index (χ0v) is 9.93. The summed E-state index contributed by atoms with van der Waals surface area (Å²) in [6.07, 6.45) is 0.366. The van der Waals surface area contributed by atoms with Crippen LogP contribution in [-0.4, -0.2) is 55.5 Å². The van der Waals surface area contributed by atoms with Crippen molar-refractivity contribution in [2.45, 2.75) is 24.9 Å². The maximum absolute atomic E-state index is 11.6. The van der Waals surface area contributed by atoms with Crippen LogP contribution in [0, 0.1) is 0 Å². The van der Waals surface area contributed by atoms with E-state index in [1.807, 2.05) is 0 Å². The lowest BCUT2D eigenvalue weighted by Gasteiger charge is -2.15. The molecule has 7 nitrogen and oxygen atoms in total. The SMILES string of the molecule is COCCC(N)C(=O)NC1CC(=O)N(C)C1=O. The van der Waals surface area contributed by atoms with E-state index < -0.39 is 23.9 Å². The third-order valence-electron chi connectivity index (χ3n) is 2.67. The Kier molecular flexibility index (Phi) is 4.59. The molecule has 96 valence electrons. The number of likely N-dealkylation sites (tertiary alicyclic amines) is 1. The van der Waals surface area contributed by atoms with Gasteiger partial charge in [-0.25, -0.2) is 0 Å². The number of carbonyl (C=O) groups excluding carboxylic acids is 3. The molecule has 0 saturated carbocycles. The van der Waals surface area contributed by atoms with Gasteiger partial charge in [0.1, 0.15) is 6.04 Å². The molecule has 0 aromatic rings. The van der Waals surface area contributed by atoms with Gasteiger partial charge in [-0.05, 0) is 6.42 Å². The number of hydrogen-bond acceptors (Lipinski definition) is 5. The summed E-state index contributed by atoms with van der Waals surface area (Å²) >= 11 is 0. The van der Waals surface area contributed by atoms with Crippen molar-refractivity contribution in [2.75, 3.05) is 20.8 Å². The van der Waals surface area contributed by atoms with Crippen molar-refractivity contribution in [1.82, 2.24) is 10.2 Å². The largest absolute Gasteiger partial charge is 0.385 e. The van der Waals surface area contributed by atoms with Crippen molar-refractivity contribution >= 4 is 17.7 Å². The van der Waals surface area contributed by atoms with E-state index in [0.717, 1.165) is 4.90 Å². The standard InChI is InChI=1S/C10H17N3O4/c1-13-8(14)5-7(10(13)16)12-9(15)6(11)3-4-17-2/h6-7H,3-5,11H2,1-2H3,(H,12,15). The molecule has 1 saturated heterocycles. The molecule has 0 spiro atoms. The molecule has 2 atom stereocenters. The second-order valence-electron chi connectivity index (χ2n) is 3.94. The molecular formula is C10H17N3O4. The van der Waals surface area contributed by atoms with Gasteiger partial charge in [0.2, 0.25) is 11.8 Å². The zero-order valence-electron chi connectivity index (χ0n) is 9.93. The molecule has 1 fully saturated rings. The second kappa shape index (κ2) is 5.74. The molecule has 2 unspecified atom stereocenters. The van der Waals surface area contributed by atoms with Crippen LogP contribution in [0.5, 0.6) is 0 Å². The lowest BCUT2D eigenvalue weighted by Crippen LogP contribution is -2.48.